The second-order valence-electron chi connectivity index (χ2n) is 5.43. The van der Waals surface area contributed by atoms with Gasteiger partial charge in [0.15, 0.2) is 0 Å². The number of nitrogens with one attached hydrogen (secondary N) is 1. The van der Waals surface area contributed by atoms with E-state index >= 15 is 0 Å². The lowest BCUT2D eigenvalue weighted by molar-refractivity contribution is 0.0902. The number of rotatable bonds is 1. The fourth-order valence-electron chi connectivity index (χ4n) is 2.92. The van der Waals surface area contributed by atoms with Gasteiger partial charge in [0.05, 0.1) is 11.3 Å². The van der Waals surface area contributed by atoms with Gasteiger partial charge in [-0.05, 0) is 37.0 Å². The van der Waals surface area contributed by atoms with Gasteiger partial charge >= 0.3 is 0 Å². The van der Waals surface area contributed by atoms with Gasteiger partial charge in [0.2, 0.25) is 0 Å². The largest absolute Gasteiger partial charge is 0.411 e. The van der Waals surface area contributed by atoms with Gasteiger partial charge in [-0.15, -0.1) is 0 Å². The molecule has 2 saturated carbocycles. The maximum Gasteiger partial charge on any atom is 0.0818 e. The second kappa shape index (κ2) is 2.70. The van der Waals surface area contributed by atoms with Crippen molar-refractivity contribution >= 4 is 5.71 Å². The fourth-order valence-corrected chi connectivity index (χ4v) is 2.92. The maximum atomic E-state index is 9.12. The summed E-state index contributed by atoms with van der Waals surface area (Å²) in [5.41, 5.74) is 2.76. The summed E-state index contributed by atoms with van der Waals surface area (Å²) in [6.45, 7) is 6.35. The summed E-state index contributed by atoms with van der Waals surface area (Å²) in [7, 11) is 0. The molecule has 0 aromatic heterocycles. The van der Waals surface area contributed by atoms with Gasteiger partial charge in [-0.1, -0.05) is 19.0 Å². The van der Waals surface area contributed by atoms with Crippen molar-refractivity contribution in [3.8, 4) is 0 Å². The van der Waals surface area contributed by atoms with Crippen molar-refractivity contribution in [1.82, 2.24) is 5.48 Å². The van der Waals surface area contributed by atoms with E-state index in [-0.39, 0.29) is 0 Å². The van der Waals surface area contributed by atoms with Crippen LogP contribution in [0.2, 0.25) is 0 Å². The van der Waals surface area contributed by atoms with Gasteiger partial charge in [-0.25, -0.2) is 0 Å². The summed E-state index contributed by atoms with van der Waals surface area (Å²) >= 11 is 0. The highest BCUT2D eigenvalue weighted by Gasteiger charge is 2.63. The molecule has 0 amide bonds. The minimum Gasteiger partial charge on any atom is -0.411 e. The first-order chi connectivity index (χ1) is 6.45. The molecule has 0 heterocycles. The van der Waals surface area contributed by atoms with Crippen LogP contribution in [-0.4, -0.2) is 21.7 Å². The Morgan fingerprint density at radius 2 is 2.00 bits per heavy atom. The molecule has 0 aromatic rings. The van der Waals surface area contributed by atoms with Crippen molar-refractivity contribution in [1.29, 1.82) is 0 Å². The summed E-state index contributed by atoms with van der Waals surface area (Å²) in [5.74, 6) is 1.26. The zero-order chi connectivity index (χ0) is 10.6. The monoisotopic (exact) mass is 198 g/mol. The molecule has 0 spiro atoms. The van der Waals surface area contributed by atoms with Crippen molar-refractivity contribution < 1.29 is 10.4 Å². The Labute approximate surface area is 84.0 Å². The highest BCUT2D eigenvalue weighted by atomic mass is 16.5. The standard InChI is InChI=1S/C10H18N2O2/c1-9(2)6-4-8(11-13)10(3,12-14)5-7(6)9/h6-7,12-14H,4-5H2,1-3H3/b11-8+/t6-,7+,10-/m0/s1. The minimum atomic E-state index is -0.538. The topological polar surface area (TPSA) is 64.8 Å². The molecule has 2 fully saturated rings. The van der Waals surface area contributed by atoms with Gasteiger partial charge in [0.1, 0.15) is 0 Å². The van der Waals surface area contributed by atoms with Gasteiger partial charge in [0.25, 0.3) is 0 Å². The quantitative estimate of drug-likeness (QED) is 0.443. The molecule has 0 radical (unpaired) electrons. The summed E-state index contributed by atoms with van der Waals surface area (Å²) in [6, 6.07) is 0. The van der Waals surface area contributed by atoms with E-state index in [4.69, 9.17) is 10.4 Å². The first-order valence-corrected chi connectivity index (χ1v) is 5.08. The third kappa shape index (κ3) is 1.10. The lowest BCUT2D eigenvalue weighted by atomic mass is 9.82. The summed E-state index contributed by atoms with van der Waals surface area (Å²) in [6.07, 6.45) is 1.64. The molecular weight excluding hydrogens is 180 g/mol. The van der Waals surface area contributed by atoms with Crippen molar-refractivity contribution in [3.05, 3.63) is 0 Å². The molecule has 0 bridgehead atoms. The van der Waals surface area contributed by atoms with Gasteiger partial charge in [0, 0.05) is 0 Å². The van der Waals surface area contributed by atoms with E-state index in [2.05, 4.69) is 24.5 Å². The van der Waals surface area contributed by atoms with E-state index in [9.17, 15) is 0 Å². The predicted octanol–water partition coefficient (Wildman–Crippen LogP) is 1.62. The molecule has 80 valence electrons. The molecular formula is C10H18N2O2. The number of hydroxylamine groups is 1. The van der Waals surface area contributed by atoms with Crippen LogP contribution in [0.3, 0.4) is 0 Å². The predicted molar refractivity (Wildman–Crippen MR) is 52.5 cm³/mol. The molecule has 3 N–H and O–H groups in total. The summed E-state index contributed by atoms with van der Waals surface area (Å²) < 4.78 is 0. The van der Waals surface area contributed by atoms with E-state index in [1.807, 2.05) is 6.92 Å². The Morgan fingerprint density at radius 1 is 1.36 bits per heavy atom. The van der Waals surface area contributed by atoms with Crippen LogP contribution in [0.4, 0.5) is 0 Å². The normalized spacial score (nSPS) is 47.6. The van der Waals surface area contributed by atoms with Crippen LogP contribution >= 0.6 is 0 Å². The van der Waals surface area contributed by atoms with Crippen molar-refractivity contribution in [2.24, 2.45) is 22.4 Å². The van der Waals surface area contributed by atoms with Gasteiger partial charge < -0.3 is 10.4 Å². The van der Waals surface area contributed by atoms with E-state index in [1.54, 1.807) is 0 Å². The zero-order valence-electron chi connectivity index (χ0n) is 8.91. The number of oxime groups is 1. The first kappa shape index (κ1) is 9.93. The Hall–Kier alpha value is -0.610. The minimum absolute atomic E-state index is 0.338. The maximum absolute atomic E-state index is 9.12. The van der Waals surface area contributed by atoms with Crippen LogP contribution in [0, 0.1) is 17.3 Å². The molecule has 4 nitrogen and oxygen atoms in total. The number of fused-ring (bicyclic) bond motifs is 1. The van der Waals surface area contributed by atoms with E-state index in [0.29, 0.717) is 23.0 Å². The van der Waals surface area contributed by atoms with Crippen LogP contribution in [0.15, 0.2) is 5.16 Å². The molecule has 0 saturated heterocycles. The Kier molecular flexibility index (Phi) is 1.92. The first-order valence-electron chi connectivity index (χ1n) is 5.08. The molecule has 2 aliphatic carbocycles. The lowest BCUT2D eigenvalue weighted by Crippen LogP contribution is -2.50. The number of nitrogens with zero attached hydrogens (tertiary/aromatic N) is 1. The molecule has 14 heavy (non-hydrogen) atoms. The molecule has 0 aliphatic heterocycles. The number of hydrogen-bond donors (Lipinski definition) is 3. The van der Waals surface area contributed by atoms with E-state index in [0.717, 1.165) is 12.8 Å². The van der Waals surface area contributed by atoms with Gasteiger partial charge in [-0.3, -0.25) is 0 Å². The molecule has 4 heteroatoms. The highest BCUT2D eigenvalue weighted by molar-refractivity contribution is 5.94. The molecule has 0 unspecified atom stereocenters. The van der Waals surface area contributed by atoms with E-state index < -0.39 is 5.54 Å². The average molecular weight is 198 g/mol. The van der Waals surface area contributed by atoms with Crippen LogP contribution in [0.25, 0.3) is 0 Å². The van der Waals surface area contributed by atoms with Crippen LogP contribution < -0.4 is 5.48 Å². The Bertz CT molecular complexity index is 288. The second-order valence-corrected chi connectivity index (χ2v) is 5.43. The SMILES string of the molecule is CC1(C)[C@@H]2C[C@](C)(NO)/C(=N/O)C[C@@H]21. The summed E-state index contributed by atoms with van der Waals surface area (Å²) in [4.78, 5) is 0. The highest BCUT2D eigenvalue weighted by Crippen LogP contribution is 2.65. The van der Waals surface area contributed by atoms with E-state index in [1.165, 1.54) is 0 Å². The van der Waals surface area contributed by atoms with Crippen LogP contribution in [0.5, 0.6) is 0 Å². The molecule has 3 atom stereocenters. The average Bonchev–Trinajstić information content (AvgIpc) is 2.66. The third-order valence-electron chi connectivity index (χ3n) is 4.33. The third-order valence-corrected chi connectivity index (χ3v) is 4.33. The Balaban J connectivity index is 2.23. The summed E-state index contributed by atoms with van der Waals surface area (Å²) in [5, 5.41) is 21.3. The lowest BCUT2D eigenvalue weighted by Gasteiger charge is -2.32. The fraction of sp³-hybridized carbons (Fsp3) is 0.900. The van der Waals surface area contributed by atoms with Crippen molar-refractivity contribution in [2.45, 2.75) is 39.2 Å². The zero-order valence-corrected chi connectivity index (χ0v) is 8.91. The smallest absolute Gasteiger partial charge is 0.0818 e. The molecule has 2 aliphatic rings. The van der Waals surface area contributed by atoms with Crippen molar-refractivity contribution in [3.63, 3.8) is 0 Å². The molecule has 0 aromatic carbocycles. The molecule has 2 rings (SSSR count). The van der Waals surface area contributed by atoms with Crippen LogP contribution in [0.1, 0.15) is 33.6 Å². The van der Waals surface area contributed by atoms with Crippen molar-refractivity contribution in [2.75, 3.05) is 0 Å². The van der Waals surface area contributed by atoms with Gasteiger partial charge in [-0.2, -0.15) is 5.48 Å². The Morgan fingerprint density at radius 3 is 2.50 bits per heavy atom. The van der Waals surface area contributed by atoms with Crippen LogP contribution in [-0.2, 0) is 0 Å². The number of hydrogen-bond acceptors (Lipinski definition) is 4.